The van der Waals surface area contributed by atoms with Crippen LogP contribution in [0.1, 0.15) is 25.3 Å². The van der Waals surface area contributed by atoms with Gasteiger partial charge in [-0.15, -0.1) is 0 Å². The molecule has 1 aromatic rings. The van der Waals surface area contributed by atoms with Crippen molar-refractivity contribution in [1.82, 2.24) is 4.90 Å². The van der Waals surface area contributed by atoms with Gasteiger partial charge in [-0.25, -0.2) is 0 Å². The first kappa shape index (κ1) is 17.7. The number of allylic oxidation sites excluding steroid dienone is 1. The Morgan fingerprint density at radius 2 is 2.25 bits per heavy atom. The van der Waals surface area contributed by atoms with Crippen molar-refractivity contribution in [3.63, 3.8) is 0 Å². The average Bonchev–Trinajstić information content (AvgIpc) is 3.08. The summed E-state index contributed by atoms with van der Waals surface area (Å²) in [4.78, 5) is 18.6. The number of carbonyl (C=O) groups is 1. The first-order chi connectivity index (χ1) is 13.5. The van der Waals surface area contributed by atoms with Crippen molar-refractivity contribution < 1.29 is 14.3 Å². The molecule has 3 saturated heterocycles. The van der Waals surface area contributed by atoms with Crippen molar-refractivity contribution in [2.24, 2.45) is 11.3 Å². The Kier molecular flexibility index (Phi) is 3.37. The molecule has 5 atom stereocenters. The Hall–Kier alpha value is -1.12. The molecule has 6 heteroatoms. The van der Waals surface area contributed by atoms with E-state index in [1.54, 1.807) is 7.11 Å². The van der Waals surface area contributed by atoms with Crippen LogP contribution >= 0.6 is 22.6 Å². The summed E-state index contributed by atoms with van der Waals surface area (Å²) < 4.78 is 13.6. The summed E-state index contributed by atoms with van der Waals surface area (Å²) in [5, 5.41) is 0. The van der Waals surface area contributed by atoms with Crippen molar-refractivity contribution in [1.29, 1.82) is 0 Å². The number of likely N-dealkylation sites (N-methyl/N-ethyl adjacent to an activating group) is 1. The molecule has 0 spiro atoms. The van der Waals surface area contributed by atoms with E-state index >= 15 is 0 Å². The van der Waals surface area contributed by atoms with E-state index in [1.165, 1.54) is 20.4 Å². The molecule has 0 unspecified atom stereocenters. The van der Waals surface area contributed by atoms with Crippen molar-refractivity contribution >= 4 is 34.2 Å². The van der Waals surface area contributed by atoms with E-state index < -0.39 is 11.1 Å². The van der Waals surface area contributed by atoms with Crippen LogP contribution in [0.15, 0.2) is 29.8 Å². The lowest BCUT2D eigenvalue weighted by atomic mass is 9.43. The molecular formula is C22H25IN2O3. The molecule has 0 amide bonds. The normalized spacial score (nSPS) is 44.0. The highest BCUT2D eigenvalue weighted by Crippen LogP contribution is 2.76. The standard InChI is InChI=1S/C22H25IN2O3/c1-4-13-11-25-8-7-21-16-9-14(23)5-6-17(16)24(2)22(21)18(25)10-15(13)20(21,12-28-22)19(26)27-3/h4-6,9,15,18H,7-8,10-12H2,1-3H3/b13-4-/t15-,18-,20-,21-,22+/m0/s1. The summed E-state index contributed by atoms with van der Waals surface area (Å²) in [7, 11) is 3.71. The second-order valence-corrected chi connectivity index (χ2v) is 10.2. The third kappa shape index (κ3) is 1.51. The maximum atomic E-state index is 13.7. The fraction of sp³-hybridized carbons (Fsp3) is 0.591. The van der Waals surface area contributed by atoms with Gasteiger partial charge in [0, 0.05) is 35.3 Å². The minimum absolute atomic E-state index is 0.0902. The lowest BCUT2D eigenvalue weighted by molar-refractivity contribution is -0.183. The predicted molar refractivity (Wildman–Crippen MR) is 114 cm³/mol. The summed E-state index contributed by atoms with van der Waals surface area (Å²) in [6.07, 6.45) is 4.13. The molecule has 5 bridgehead atoms. The summed E-state index contributed by atoms with van der Waals surface area (Å²) in [6, 6.07) is 6.97. The number of methoxy groups -OCH3 is 1. The first-order valence-electron chi connectivity index (χ1n) is 10.1. The van der Waals surface area contributed by atoms with Crippen LogP contribution in [-0.4, -0.2) is 56.5 Å². The van der Waals surface area contributed by atoms with Gasteiger partial charge in [-0.2, -0.15) is 0 Å². The minimum Gasteiger partial charge on any atom is -0.468 e. The smallest absolute Gasteiger partial charge is 0.315 e. The highest BCUT2D eigenvalue weighted by atomic mass is 127. The maximum Gasteiger partial charge on any atom is 0.315 e. The van der Waals surface area contributed by atoms with Gasteiger partial charge in [-0.1, -0.05) is 11.6 Å². The van der Waals surface area contributed by atoms with Crippen molar-refractivity contribution in [2.75, 3.05) is 38.8 Å². The quantitative estimate of drug-likeness (QED) is 0.343. The molecule has 5 aliphatic rings. The summed E-state index contributed by atoms with van der Waals surface area (Å²) in [6.45, 7) is 4.49. The van der Waals surface area contributed by atoms with Gasteiger partial charge in [0.1, 0.15) is 5.41 Å². The number of nitrogens with zero attached hydrogens (tertiary/aromatic N) is 2. The van der Waals surface area contributed by atoms with E-state index in [1.807, 2.05) is 0 Å². The van der Waals surface area contributed by atoms with Crippen LogP contribution in [0, 0.1) is 14.9 Å². The van der Waals surface area contributed by atoms with E-state index in [0.29, 0.717) is 12.6 Å². The zero-order valence-corrected chi connectivity index (χ0v) is 18.7. The number of anilines is 1. The zero-order chi connectivity index (χ0) is 19.5. The maximum absolute atomic E-state index is 13.7. The Balaban J connectivity index is 1.75. The van der Waals surface area contributed by atoms with Crippen molar-refractivity contribution in [3.05, 3.63) is 39.0 Å². The second-order valence-electron chi connectivity index (χ2n) is 8.96. The molecule has 4 heterocycles. The molecule has 4 aliphatic heterocycles. The van der Waals surface area contributed by atoms with Crippen molar-refractivity contribution in [2.45, 2.75) is 36.9 Å². The Morgan fingerprint density at radius 1 is 1.43 bits per heavy atom. The van der Waals surface area contributed by atoms with Gasteiger partial charge in [-0.3, -0.25) is 9.69 Å². The average molecular weight is 492 g/mol. The molecule has 148 valence electrons. The lowest BCUT2D eigenvalue weighted by Crippen LogP contribution is -2.80. The summed E-state index contributed by atoms with van der Waals surface area (Å²) >= 11 is 2.39. The monoisotopic (exact) mass is 492 g/mol. The van der Waals surface area contributed by atoms with E-state index in [2.05, 4.69) is 70.6 Å². The first-order valence-corrected chi connectivity index (χ1v) is 11.2. The minimum atomic E-state index is -0.656. The van der Waals surface area contributed by atoms with Gasteiger partial charge in [0.15, 0.2) is 5.72 Å². The molecule has 1 saturated carbocycles. The van der Waals surface area contributed by atoms with Gasteiger partial charge in [0.05, 0.1) is 25.2 Å². The number of benzene rings is 1. The van der Waals surface area contributed by atoms with E-state index in [-0.39, 0.29) is 17.3 Å². The van der Waals surface area contributed by atoms with Crippen LogP contribution in [0.2, 0.25) is 0 Å². The van der Waals surface area contributed by atoms with Gasteiger partial charge >= 0.3 is 5.97 Å². The number of carbonyl (C=O) groups excluding carboxylic acids is 1. The molecule has 6 rings (SSSR count). The number of piperidine rings is 2. The number of halogens is 1. The number of fused-ring (bicyclic) bond motifs is 3. The van der Waals surface area contributed by atoms with E-state index in [9.17, 15) is 4.79 Å². The number of esters is 1. The van der Waals surface area contributed by atoms with Gasteiger partial charge in [0.2, 0.25) is 0 Å². The van der Waals surface area contributed by atoms with Gasteiger partial charge < -0.3 is 14.4 Å². The third-order valence-corrected chi connectivity index (χ3v) is 9.32. The molecule has 1 aromatic carbocycles. The molecular weight excluding hydrogens is 467 g/mol. The molecule has 0 radical (unpaired) electrons. The number of hydrogen-bond acceptors (Lipinski definition) is 5. The van der Waals surface area contributed by atoms with Crippen LogP contribution < -0.4 is 4.90 Å². The number of rotatable bonds is 1. The van der Waals surface area contributed by atoms with Crippen LogP contribution in [0.3, 0.4) is 0 Å². The van der Waals surface area contributed by atoms with Crippen LogP contribution in [0.5, 0.6) is 0 Å². The summed E-state index contributed by atoms with van der Waals surface area (Å²) in [5.74, 6) is 0.0898. The van der Waals surface area contributed by atoms with Crippen LogP contribution in [-0.2, 0) is 19.7 Å². The fourth-order valence-corrected chi connectivity index (χ4v) is 8.26. The predicted octanol–water partition coefficient (Wildman–Crippen LogP) is 2.92. The fourth-order valence-electron chi connectivity index (χ4n) is 7.77. The molecule has 5 nitrogen and oxygen atoms in total. The van der Waals surface area contributed by atoms with Crippen LogP contribution in [0.4, 0.5) is 5.69 Å². The lowest BCUT2D eigenvalue weighted by Gasteiger charge is -2.66. The molecule has 4 fully saturated rings. The topological polar surface area (TPSA) is 42.0 Å². The van der Waals surface area contributed by atoms with E-state index in [4.69, 9.17) is 9.47 Å². The summed E-state index contributed by atoms with van der Waals surface area (Å²) in [5.41, 5.74) is 2.37. The SMILES string of the molecule is C/C=C1/CN2CC[C@@]34c5cc(I)ccc5N(C)[C@]35OC[C@@]4(C(=O)OC)[C@H]1C[C@H]25. The Morgan fingerprint density at radius 3 is 3.00 bits per heavy atom. The van der Waals surface area contributed by atoms with Crippen molar-refractivity contribution in [3.8, 4) is 0 Å². The zero-order valence-electron chi connectivity index (χ0n) is 16.5. The molecule has 0 aromatic heterocycles. The Labute approximate surface area is 179 Å². The second kappa shape index (κ2) is 5.32. The third-order valence-electron chi connectivity index (χ3n) is 8.64. The van der Waals surface area contributed by atoms with Gasteiger partial charge in [-0.05, 0) is 66.1 Å². The van der Waals surface area contributed by atoms with Gasteiger partial charge in [0.25, 0.3) is 0 Å². The van der Waals surface area contributed by atoms with E-state index in [0.717, 1.165) is 25.9 Å². The highest BCUT2D eigenvalue weighted by Gasteiger charge is 2.86. The number of ether oxygens (including phenoxy) is 2. The molecule has 28 heavy (non-hydrogen) atoms. The molecule has 1 aliphatic carbocycles. The largest absolute Gasteiger partial charge is 0.468 e. The Bertz CT molecular complexity index is 948. The van der Waals surface area contributed by atoms with Crippen LogP contribution in [0.25, 0.3) is 0 Å². The highest BCUT2D eigenvalue weighted by molar-refractivity contribution is 14.1. The number of hydrogen-bond donors (Lipinski definition) is 0. The molecule has 0 N–H and O–H groups in total.